The third-order valence-corrected chi connectivity index (χ3v) is 5.89. The predicted molar refractivity (Wildman–Crippen MR) is 109 cm³/mol. The van der Waals surface area contributed by atoms with Crippen LogP contribution in [0.3, 0.4) is 0 Å². The van der Waals surface area contributed by atoms with Crippen LogP contribution in [0.4, 0.5) is 0 Å². The molecule has 2 aromatic heterocycles. The molecule has 1 aliphatic rings. The van der Waals surface area contributed by atoms with E-state index in [4.69, 9.17) is 0 Å². The van der Waals surface area contributed by atoms with Crippen molar-refractivity contribution in [3.05, 3.63) is 50.5 Å². The number of carbonyl (C=O) groups excluding carboxylic acids is 1. The highest BCUT2D eigenvalue weighted by Crippen LogP contribution is 2.25. The number of H-pyrrole nitrogens is 1. The maximum Gasteiger partial charge on any atom is 0.273 e. The Balaban J connectivity index is 1.88. The molecule has 0 spiro atoms. The number of aryl methyl sites for hydroxylation is 1. The van der Waals surface area contributed by atoms with Gasteiger partial charge in [-0.05, 0) is 62.0 Å². The highest BCUT2D eigenvalue weighted by Gasteiger charge is 2.25. The van der Waals surface area contributed by atoms with Crippen LogP contribution < -0.4 is 5.43 Å². The number of aromatic nitrogens is 1. The van der Waals surface area contributed by atoms with Gasteiger partial charge in [0.15, 0.2) is 0 Å². The number of hydrazone groups is 1. The fourth-order valence-corrected chi connectivity index (χ4v) is 4.09. The van der Waals surface area contributed by atoms with Gasteiger partial charge in [0.25, 0.3) is 5.91 Å². The van der Waals surface area contributed by atoms with Gasteiger partial charge in [-0.2, -0.15) is 5.10 Å². The van der Waals surface area contributed by atoms with Gasteiger partial charge in [-0.15, -0.1) is 11.3 Å². The normalized spacial score (nSPS) is 15.8. The third-order valence-electron chi connectivity index (χ3n) is 5.02. The highest BCUT2D eigenvalue weighted by atomic mass is 32.1. The van der Waals surface area contributed by atoms with Crippen molar-refractivity contribution in [2.75, 3.05) is 19.6 Å². The fraction of sp³-hybridized carbons (Fsp3) is 0.400. The Morgan fingerprint density at radius 2 is 2.04 bits per heavy atom. The molecule has 1 aliphatic heterocycles. The second-order valence-corrected chi connectivity index (χ2v) is 7.43. The number of likely N-dealkylation sites (N-methyl/N-ethyl adjacent to an activating group) is 1. The molecule has 0 radical (unpaired) electrons. The summed E-state index contributed by atoms with van der Waals surface area (Å²) in [4.78, 5) is 19.2. The first-order valence-corrected chi connectivity index (χ1v) is 9.97. The summed E-state index contributed by atoms with van der Waals surface area (Å²) >= 11 is 1.59. The SMILES string of the molecule is CCN(CC)CCc1c(C)[nH]c(/C=C2/C(=O)NN=C2c2cccs2)c1C. The quantitative estimate of drug-likeness (QED) is 0.733. The van der Waals surface area contributed by atoms with E-state index in [1.807, 2.05) is 23.6 Å². The average Bonchev–Trinajstić information content (AvgIpc) is 3.33. The molecule has 0 bridgehead atoms. The molecule has 0 unspecified atom stereocenters. The van der Waals surface area contributed by atoms with Crippen LogP contribution in [0.2, 0.25) is 0 Å². The lowest BCUT2D eigenvalue weighted by atomic mass is 10.0. The highest BCUT2D eigenvalue weighted by molar-refractivity contribution is 7.12. The van der Waals surface area contributed by atoms with E-state index < -0.39 is 0 Å². The molecule has 0 aliphatic carbocycles. The predicted octanol–water partition coefficient (Wildman–Crippen LogP) is 3.49. The molecule has 3 heterocycles. The number of thiophene rings is 1. The topological polar surface area (TPSA) is 60.5 Å². The molecular formula is C20H26N4OS. The fourth-order valence-electron chi connectivity index (χ4n) is 3.36. The van der Waals surface area contributed by atoms with Gasteiger partial charge in [-0.25, -0.2) is 5.43 Å². The molecule has 0 saturated carbocycles. The van der Waals surface area contributed by atoms with Gasteiger partial charge in [0.2, 0.25) is 0 Å². The molecule has 0 aromatic carbocycles. The Morgan fingerprint density at radius 1 is 1.27 bits per heavy atom. The van der Waals surface area contributed by atoms with Crippen molar-refractivity contribution in [1.29, 1.82) is 0 Å². The van der Waals surface area contributed by atoms with Crippen molar-refractivity contribution in [2.24, 2.45) is 5.10 Å². The molecule has 0 fully saturated rings. The van der Waals surface area contributed by atoms with Crippen LogP contribution in [0.1, 0.15) is 41.2 Å². The number of aromatic amines is 1. The van der Waals surface area contributed by atoms with Crippen LogP contribution in [-0.2, 0) is 11.2 Å². The lowest BCUT2D eigenvalue weighted by Crippen LogP contribution is -2.25. The second-order valence-electron chi connectivity index (χ2n) is 6.48. The summed E-state index contributed by atoms with van der Waals surface area (Å²) in [5.41, 5.74) is 8.66. The van der Waals surface area contributed by atoms with Gasteiger partial charge in [0, 0.05) is 17.9 Å². The van der Waals surface area contributed by atoms with E-state index in [0.29, 0.717) is 5.57 Å². The van der Waals surface area contributed by atoms with E-state index in [-0.39, 0.29) is 5.91 Å². The van der Waals surface area contributed by atoms with Gasteiger partial charge in [0.05, 0.1) is 10.5 Å². The Labute approximate surface area is 158 Å². The number of amides is 1. The number of rotatable bonds is 7. The number of nitrogens with one attached hydrogen (secondary N) is 2. The van der Waals surface area contributed by atoms with Crippen LogP contribution in [0, 0.1) is 13.8 Å². The Kier molecular flexibility index (Phi) is 5.74. The molecule has 2 N–H and O–H groups in total. The summed E-state index contributed by atoms with van der Waals surface area (Å²) in [6.07, 6.45) is 2.95. The molecule has 0 saturated heterocycles. The molecule has 138 valence electrons. The Hall–Kier alpha value is -2.18. The monoisotopic (exact) mass is 370 g/mol. The minimum atomic E-state index is -0.148. The molecule has 2 aromatic rings. The van der Waals surface area contributed by atoms with Crippen LogP contribution >= 0.6 is 11.3 Å². The Morgan fingerprint density at radius 3 is 2.69 bits per heavy atom. The summed E-state index contributed by atoms with van der Waals surface area (Å²) in [5.74, 6) is -0.148. The summed E-state index contributed by atoms with van der Waals surface area (Å²) in [6, 6.07) is 3.96. The summed E-state index contributed by atoms with van der Waals surface area (Å²) in [6.45, 7) is 11.8. The van der Waals surface area contributed by atoms with E-state index >= 15 is 0 Å². The van der Waals surface area contributed by atoms with Crippen molar-refractivity contribution < 1.29 is 4.79 Å². The van der Waals surface area contributed by atoms with Gasteiger partial charge in [0.1, 0.15) is 5.71 Å². The minimum absolute atomic E-state index is 0.148. The molecular weight excluding hydrogens is 344 g/mol. The smallest absolute Gasteiger partial charge is 0.273 e. The van der Waals surface area contributed by atoms with E-state index in [1.165, 1.54) is 16.8 Å². The first-order valence-electron chi connectivity index (χ1n) is 9.09. The van der Waals surface area contributed by atoms with Crippen molar-refractivity contribution in [3.8, 4) is 0 Å². The summed E-state index contributed by atoms with van der Waals surface area (Å²) < 4.78 is 0. The van der Waals surface area contributed by atoms with Gasteiger partial charge in [-0.1, -0.05) is 19.9 Å². The van der Waals surface area contributed by atoms with Gasteiger partial charge in [-0.3, -0.25) is 4.79 Å². The number of nitrogens with zero attached hydrogens (tertiary/aromatic N) is 2. The van der Waals surface area contributed by atoms with Crippen molar-refractivity contribution in [1.82, 2.24) is 15.3 Å². The van der Waals surface area contributed by atoms with Crippen LogP contribution in [0.25, 0.3) is 6.08 Å². The van der Waals surface area contributed by atoms with Gasteiger partial charge >= 0.3 is 0 Å². The summed E-state index contributed by atoms with van der Waals surface area (Å²) in [5, 5.41) is 6.21. The minimum Gasteiger partial charge on any atom is -0.359 e. The van der Waals surface area contributed by atoms with Crippen LogP contribution in [0.5, 0.6) is 0 Å². The number of carbonyl (C=O) groups is 1. The zero-order valence-corrected chi connectivity index (χ0v) is 16.7. The third kappa shape index (κ3) is 3.66. The zero-order chi connectivity index (χ0) is 18.7. The largest absolute Gasteiger partial charge is 0.359 e. The van der Waals surface area contributed by atoms with E-state index in [1.54, 1.807) is 11.3 Å². The zero-order valence-electron chi connectivity index (χ0n) is 15.8. The second kappa shape index (κ2) is 8.01. The number of hydrogen-bond acceptors (Lipinski definition) is 4. The van der Waals surface area contributed by atoms with Gasteiger partial charge < -0.3 is 9.88 Å². The standard InChI is InChI=1S/C20H26N4OS/c1-5-24(6-2)10-9-15-13(3)17(21-14(15)4)12-16-19(22-23-20(16)25)18-8-7-11-26-18/h7-8,11-12,21H,5-6,9-10H2,1-4H3,(H,23,25)/b16-12+. The lowest BCUT2D eigenvalue weighted by molar-refractivity contribution is -0.116. The van der Waals surface area contributed by atoms with E-state index in [9.17, 15) is 4.79 Å². The van der Waals surface area contributed by atoms with Crippen molar-refractivity contribution in [2.45, 2.75) is 34.1 Å². The van der Waals surface area contributed by atoms with Crippen molar-refractivity contribution >= 4 is 29.0 Å². The molecule has 26 heavy (non-hydrogen) atoms. The molecule has 0 atom stereocenters. The first-order chi connectivity index (χ1) is 12.5. The first kappa shape index (κ1) is 18.6. The average molecular weight is 371 g/mol. The maximum atomic E-state index is 12.3. The number of hydrogen-bond donors (Lipinski definition) is 2. The van der Waals surface area contributed by atoms with Crippen LogP contribution in [-0.4, -0.2) is 41.1 Å². The maximum absolute atomic E-state index is 12.3. The molecule has 6 heteroatoms. The lowest BCUT2D eigenvalue weighted by Gasteiger charge is -2.17. The van der Waals surface area contributed by atoms with Crippen LogP contribution in [0.15, 0.2) is 28.2 Å². The van der Waals surface area contributed by atoms with E-state index in [2.05, 4.69) is 48.1 Å². The Bertz CT molecular complexity index is 842. The summed E-state index contributed by atoms with van der Waals surface area (Å²) in [7, 11) is 0. The molecule has 1 amide bonds. The molecule has 3 rings (SSSR count). The molecule has 5 nitrogen and oxygen atoms in total. The van der Waals surface area contributed by atoms with E-state index in [0.717, 1.165) is 42.3 Å². The van der Waals surface area contributed by atoms with Crippen molar-refractivity contribution in [3.63, 3.8) is 0 Å².